The number of hydrogen-bond acceptors (Lipinski definition) is 4. The molecule has 1 aromatic carbocycles. The largest absolute Gasteiger partial charge is 0.494 e. The summed E-state index contributed by atoms with van der Waals surface area (Å²) in [6.07, 6.45) is 1.84. The Morgan fingerprint density at radius 1 is 1.31 bits per heavy atom. The molecule has 0 radical (unpaired) electrons. The average Bonchev–Trinajstić information content (AvgIpc) is 2.97. The molecule has 6 nitrogen and oxygen atoms in total. The van der Waals surface area contributed by atoms with Gasteiger partial charge in [0.2, 0.25) is 5.91 Å². The molecule has 2 heterocycles. The van der Waals surface area contributed by atoms with Crippen LogP contribution < -0.4 is 10.1 Å². The fourth-order valence-corrected chi connectivity index (χ4v) is 3.45. The molecule has 1 aliphatic rings. The van der Waals surface area contributed by atoms with E-state index in [-0.39, 0.29) is 5.91 Å². The van der Waals surface area contributed by atoms with E-state index in [1.165, 1.54) is 11.4 Å². The van der Waals surface area contributed by atoms with Gasteiger partial charge in [-0.15, -0.1) is 0 Å². The minimum atomic E-state index is 0.0395. The minimum absolute atomic E-state index is 0.0395. The molecule has 1 aliphatic heterocycles. The molecule has 0 unspecified atom stereocenters. The van der Waals surface area contributed by atoms with Gasteiger partial charge in [-0.1, -0.05) is 25.1 Å². The maximum absolute atomic E-state index is 12.4. The SMILES string of the molecule is CCOc1ccccc1CNC(=O)CN1CCc2nc(CC)n(C)c2C1. The Kier molecular flexibility index (Phi) is 5.93. The van der Waals surface area contributed by atoms with E-state index in [1.807, 2.05) is 31.2 Å². The summed E-state index contributed by atoms with van der Waals surface area (Å²) in [6, 6.07) is 7.83. The lowest BCUT2D eigenvalue weighted by Gasteiger charge is -2.26. The molecule has 0 spiro atoms. The predicted octanol–water partition coefficient (Wildman–Crippen LogP) is 2.06. The summed E-state index contributed by atoms with van der Waals surface area (Å²) >= 11 is 0. The van der Waals surface area contributed by atoms with Gasteiger partial charge in [0.25, 0.3) is 0 Å². The summed E-state index contributed by atoms with van der Waals surface area (Å²) in [7, 11) is 2.07. The van der Waals surface area contributed by atoms with Gasteiger partial charge in [-0.2, -0.15) is 0 Å². The van der Waals surface area contributed by atoms with Crippen molar-refractivity contribution in [3.05, 3.63) is 47.0 Å². The maximum atomic E-state index is 12.4. The Balaban J connectivity index is 1.55. The van der Waals surface area contributed by atoms with Crippen LogP contribution in [0.2, 0.25) is 0 Å². The van der Waals surface area contributed by atoms with Crippen molar-refractivity contribution in [3.63, 3.8) is 0 Å². The molecule has 1 N–H and O–H groups in total. The number of rotatable bonds is 7. The molecule has 3 rings (SSSR count). The van der Waals surface area contributed by atoms with E-state index >= 15 is 0 Å². The van der Waals surface area contributed by atoms with Gasteiger partial charge in [-0.25, -0.2) is 4.98 Å². The number of fused-ring (bicyclic) bond motifs is 1. The number of ether oxygens (including phenoxy) is 1. The molecule has 0 saturated heterocycles. The standard InChI is InChI=1S/C20H28N4O2/c1-4-19-22-16-10-11-24(13-17(16)23(19)3)14-20(25)21-12-15-8-6-7-9-18(15)26-5-2/h6-9H,4-5,10-14H2,1-3H3,(H,21,25). The highest BCUT2D eigenvalue weighted by Gasteiger charge is 2.23. The molecule has 26 heavy (non-hydrogen) atoms. The Morgan fingerprint density at radius 2 is 2.12 bits per heavy atom. The molecule has 0 bridgehead atoms. The summed E-state index contributed by atoms with van der Waals surface area (Å²) in [5, 5.41) is 3.02. The van der Waals surface area contributed by atoms with Gasteiger partial charge in [0.05, 0.1) is 24.5 Å². The van der Waals surface area contributed by atoms with Gasteiger partial charge in [0, 0.05) is 45.1 Å². The smallest absolute Gasteiger partial charge is 0.234 e. The quantitative estimate of drug-likeness (QED) is 0.825. The van der Waals surface area contributed by atoms with E-state index < -0.39 is 0 Å². The van der Waals surface area contributed by atoms with Crippen molar-refractivity contribution in [2.45, 2.75) is 39.8 Å². The summed E-state index contributed by atoms with van der Waals surface area (Å²) in [4.78, 5) is 19.3. The average molecular weight is 356 g/mol. The van der Waals surface area contributed by atoms with E-state index in [1.54, 1.807) is 0 Å². The molecule has 2 aromatic rings. The Morgan fingerprint density at radius 3 is 2.88 bits per heavy atom. The second kappa shape index (κ2) is 8.36. The van der Waals surface area contributed by atoms with Gasteiger partial charge in [-0.3, -0.25) is 9.69 Å². The van der Waals surface area contributed by atoms with E-state index in [2.05, 4.69) is 28.8 Å². The molecule has 1 amide bonds. The van der Waals surface area contributed by atoms with Crippen molar-refractivity contribution < 1.29 is 9.53 Å². The van der Waals surface area contributed by atoms with Crippen LogP contribution in [0.5, 0.6) is 5.75 Å². The first-order chi connectivity index (χ1) is 12.6. The first-order valence-electron chi connectivity index (χ1n) is 9.35. The molecule has 140 valence electrons. The molecule has 1 aromatic heterocycles. The number of nitrogens with one attached hydrogen (secondary N) is 1. The molecule has 0 atom stereocenters. The third-order valence-electron chi connectivity index (χ3n) is 4.86. The number of aryl methyl sites for hydroxylation is 1. The number of benzene rings is 1. The zero-order chi connectivity index (χ0) is 18.5. The fourth-order valence-electron chi connectivity index (χ4n) is 3.45. The molecule has 0 saturated carbocycles. The van der Waals surface area contributed by atoms with Crippen LogP contribution in [-0.4, -0.2) is 40.1 Å². The summed E-state index contributed by atoms with van der Waals surface area (Å²) in [5.41, 5.74) is 3.43. The van der Waals surface area contributed by atoms with Crippen LogP contribution in [0, 0.1) is 0 Å². The number of aromatic nitrogens is 2. The number of para-hydroxylation sites is 1. The van der Waals surface area contributed by atoms with Gasteiger partial charge in [0.15, 0.2) is 0 Å². The number of carbonyl (C=O) groups is 1. The Hall–Kier alpha value is -2.34. The van der Waals surface area contributed by atoms with Crippen molar-refractivity contribution in [2.24, 2.45) is 7.05 Å². The lowest BCUT2D eigenvalue weighted by molar-refractivity contribution is -0.122. The monoisotopic (exact) mass is 356 g/mol. The van der Waals surface area contributed by atoms with Crippen LogP contribution in [0.15, 0.2) is 24.3 Å². The van der Waals surface area contributed by atoms with E-state index in [0.717, 1.165) is 43.1 Å². The number of amides is 1. The first kappa shape index (κ1) is 18.5. The van der Waals surface area contributed by atoms with Crippen molar-refractivity contribution in [1.29, 1.82) is 0 Å². The van der Waals surface area contributed by atoms with Gasteiger partial charge >= 0.3 is 0 Å². The predicted molar refractivity (Wildman–Crippen MR) is 101 cm³/mol. The number of hydrogen-bond donors (Lipinski definition) is 1. The fraction of sp³-hybridized carbons (Fsp3) is 0.500. The molecule has 6 heteroatoms. The minimum Gasteiger partial charge on any atom is -0.494 e. The second-order valence-electron chi connectivity index (χ2n) is 6.61. The summed E-state index contributed by atoms with van der Waals surface area (Å²) < 4.78 is 7.79. The van der Waals surface area contributed by atoms with Crippen LogP contribution in [0.3, 0.4) is 0 Å². The van der Waals surface area contributed by atoms with Gasteiger partial charge in [-0.05, 0) is 13.0 Å². The normalized spacial score (nSPS) is 14.1. The lowest BCUT2D eigenvalue weighted by atomic mass is 10.1. The van der Waals surface area contributed by atoms with E-state index in [4.69, 9.17) is 9.72 Å². The third-order valence-corrected chi connectivity index (χ3v) is 4.86. The Bertz CT molecular complexity index is 769. The van der Waals surface area contributed by atoms with E-state index in [0.29, 0.717) is 19.7 Å². The third kappa shape index (κ3) is 4.07. The highest BCUT2D eigenvalue weighted by Crippen LogP contribution is 2.20. The van der Waals surface area contributed by atoms with E-state index in [9.17, 15) is 4.79 Å². The van der Waals surface area contributed by atoms with Crippen LogP contribution in [0.25, 0.3) is 0 Å². The molecular weight excluding hydrogens is 328 g/mol. The lowest BCUT2D eigenvalue weighted by Crippen LogP contribution is -2.40. The molecular formula is C20H28N4O2. The summed E-state index contributed by atoms with van der Waals surface area (Å²) in [5.74, 6) is 1.99. The van der Waals surface area contributed by atoms with Gasteiger partial charge in [0.1, 0.15) is 11.6 Å². The maximum Gasteiger partial charge on any atom is 0.234 e. The van der Waals surface area contributed by atoms with Crippen molar-refractivity contribution in [3.8, 4) is 5.75 Å². The van der Waals surface area contributed by atoms with Crippen LogP contribution in [0.1, 0.15) is 36.6 Å². The van der Waals surface area contributed by atoms with Crippen LogP contribution in [0.4, 0.5) is 0 Å². The highest BCUT2D eigenvalue weighted by atomic mass is 16.5. The number of imidazole rings is 1. The molecule has 0 aliphatic carbocycles. The Labute approximate surface area is 155 Å². The van der Waals surface area contributed by atoms with Gasteiger partial charge < -0.3 is 14.6 Å². The summed E-state index contributed by atoms with van der Waals surface area (Å²) in [6.45, 7) is 7.24. The zero-order valence-corrected chi connectivity index (χ0v) is 15.9. The second-order valence-corrected chi connectivity index (χ2v) is 6.61. The topological polar surface area (TPSA) is 59.4 Å². The van der Waals surface area contributed by atoms with Crippen LogP contribution >= 0.6 is 0 Å². The first-order valence-corrected chi connectivity index (χ1v) is 9.35. The van der Waals surface area contributed by atoms with Crippen molar-refractivity contribution >= 4 is 5.91 Å². The van der Waals surface area contributed by atoms with Crippen LogP contribution in [-0.2, 0) is 37.8 Å². The zero-order valence-electron chi connectivity index (χ0n) is 15.9. The number of carbonyl (C=O) groups excluding carboxylic acids is 1. The number of nitrogens with zero attached hydrogens (tertiary/aromatic N) is 3. The molecule has 0 fully saturated rings. The van der Waals surface area contributed by atoms with Crippen molar-refractivity contribution in [2.75, 3.05) is 19.7 Å². The highest BCUT2D eigenvalue weighted by molar-refractivity contribution is 5.78. The van der Waals surface area contributed by atoms with Crippen molar-refractivity contribution in [1.82, 2.24) is 19.8 Å².